The first-order valence-corrected chi connectivity index (χ1v) is 20.8. The fourth-order valence-electron chi connectivity index (χ4n) is 8.42. The summed E-state index contributed by atoms with van der Waals surface area (Å²) in [6, 6.07) is 69.2. The summed E-state index contributed by atoms with van der Waals surface area (Å²) in [5.41, 5.74) is 15.1. The number of nitrogens with zero attached hydrogens (tertiary/aromatic N) is 6. The molecule has 63 heavy (non-hydrogen) atoms. The summed E-state index contributed by atoms with van der Waals surface area (Å²) in [6.07, 6.45) is 1.74. The SMILES string of the molecule is c1ccc(-c2ccc(-c3nc(-c4ccccc4)nc(-c4cccc(-c5cccc(-c6cccc(-c7ccc8c(ccc9oc%10nc%11cccnc%11nc%10c98)c7)c6)c5)c4)n3)cc2)cc1. The van der Waals surface area contributed by atoms with Gasteiger partial charge in [0, 0.05) is 22.9 Å². The molecule has 12 rings (SSSR count). The number of hydrogen-bond acceptors (Lipinski definition) is 7. The van der Waals surface area contributed by atoms with E-state index in [2.05, 4.69) is 151 Å². The monoisotopic (exact) mass is 806 g/mol. The van der Waals surface area contributed by atoms with Gasteiger partial charge in [-0.05, 0) is 97.7 Å². The fraction of sp³-hybridized carbons (Fsp3) is 0. The van der Waals surface area contributed by atoms with E-state index < -0.39 is 0 Å². The maximum absolute atomic E-state index is 6.17. The van der Waals surface area contributed by atoms with E-state index in [-0.39, 0.29) is 0 Å². The van der Waals surface area contributed by atoms with Crippen LogP contribution in [-0.4, -0.2) is 29.9 Å². The number of hydrogen-bond donors (Lipinski definition) is 0. The first kappa shape index (κ1) is 36.2. The quantitative estimate of drug-likeness (QED) is 0.158. The molecule has 12 aromatic rings. The van der Waals surface area contributed by atoms with Gasteiger partial charge in [-0.1, -0.05) is 158 Å². The van der Waals surface area contributed by atoms with Gasteiger partial charge in [-0.2, -0.15) is 0 Å². The minimum atomic E-state index is 0.516. The summed E-state index contributed by atoms with van der Waals surface area (Å²) in [6.45, 7) is 0. The van der Waals surface area contributed by atoms with E-state index in [9.17, 15) is 0 Å². The van der Waals surface area contributed by atoms with E-state index in [0.717, 1.165) is 82.9 Å². The van der Waals surface area contributed by atoms with Crippen LogP contribution in [0.4, 0.5) is 0 Å². The number of fused-ring (bicyclic) bond motifs is 6. The van der Waals surface area contributed by atoms with Crippen molar-refractivity contribution in [2.24, 2.45) is 0 Å². The number of benzene rings is 8. The lowest BCUT2D eigenvalue weighted by atomic mass is 9.94. The lowest BCUT2D eigenvalue weighted by molar-refractivity contribution is 0.655. The highest BCUT2D eigenvalue weighted by Crippen LogP contribution is 2.37. The van der Waals surface area contributed by atoms with Crippen LogP contribution < -0.4 is 0 Å². The van der Waals surface area contributed by atoms with Gasteiger partial charge < -0.3 is 4.42 Å². The van der Waals surface area contributed by atoms with Crippen LogP contribution in [-0.2, 0) is 0 Å². The normalized spacial score (nSPS) is 11.5. The molecule has 0 saturated carbocycles. The smallest absolute Gasteiger partial charge is 0.247 e. The summed E-state index contributed by atoms with van der Waals surface area (Å²) in [5.74, 6) is 1.87. The third-order valence-electron chi connectivity index (χ3n) is 11.6. The van der Waals surface area contributed by atoms with Crippen LogP contribution in [0.2, 0.25) is 0 Å². The number of pyridine rings is 1. The van der Waals surface area contributed by atoms with Gasteiger partial charge in [-0.25, -0.2) is 29.9 Å². The van der Waals surface area contributed by atoms with Crippen LogP contribution in [0.3, 0.4) is 0 Å². The molecule has 4 heterocycles. The summed E-state index contributed by atoms with van der Waals surface area (Å²) in [4.78, 5) is 29.0. The highest BCUT2D eigenvalue weighted by atomic mass is 16.3. The Morgan fingerprint density at radius 3 is 1.48 bits per heavy atom. The van der Waals surface area contributed by atoms with E-state index in [1.54, 1.807) is 6.20 Å². The molecule has 0 unspecified atom stereocenters. The maximum Gasteiger partial charge on any atom is 0.247 e. The van der Waals surface area contributed by atoms with Crippen molar-refractivity contribution in [3.05, 3.63) is 206 Å². The first-order chi connectivity index (χ1) is 31.2. The number of aromatic nitrogens is 6. The molecule has 7 nitrogen and oxygen atoms in total. The largest absolute Gasteiger partial charge is 0.436 e. The van der Waals surface area contributed by atoms with Gasteiger partial charge in [0.1, 0.15) is 16.6 Å². The lowest BCUT2D eigenvalue weighted by Crippen LogP contribution is -2.00. The van der Waals surface area contributed by atoms with Gasteiger partial charge >= 0.3 is 0 Å². The zero-order chi connectivity index (χ0) is 41.7. The first-order valence-electron chi connectivity index (χ1n) is 20.8. The van der Waals surface area contributed by atoms with Crippen LogP contribution >= 0.6 is 0 Å². The molecule has 0 N–H and O–H groups in total. The molecule has 0 atom stereocenters. The predicted octanol–water partition coefficient (Wildman–Crippen LogP) is 13.9. The van der Waals surface area contributed by atoms with Crippen molar-refractivity contribution in [2.45, 2.75) is 0 Å². The molecule has 0 saturated heterocycles. The summed E-state index contributed by atoms with van der Waals surface area (Å²) in [5, 5.41) is 3.11. The van der Waals surface area contributed by atoms with E-state index in [1.807, 2.05) is 54.6 Å². The Bertz CT molecular complexity index is 3680. The molecule has 0 aliphatic heterocycles. The van der Waals surface area contributed by atoms with Crippen molar-refractivity contribution >= 4 is 44.1 Å². The molecule has 0 bridgehead atoms. The third kappa shape index (κ3) is 6.74. The average Bonchev–Trinajstić information content (AvgIpc) is 3.74. The molecule has 0 radical (unpaired) electrons. The van der Waals surface area contributed by atoms with E-state index in [1.165, 1.54) is 5.56 Å². The molecule has 4 aromatic heterocycles. The van der Waals surface area contributed by atoms with Gasteiger partial charge in [0.05, 0.1) is 5.39 Å². The molecule has 294 valence electrons. The molecule has 0 amide bonds. The zero-order valence-corrected chi connectivity index (χ0v) is 33.7. The van der Waals surface area contributed by atoms with Crippen LogP contribution in [0.1, 0.15) is 0 Å². The molecule has 0 spiro atoms. The Morgan fingerprint density at radius 1 is 0.333 bits per heavy atom. The van der Waals surface area contributed by atoms with Crippen LogP contribution in [0.15, 0.2) is 211 Å². The Labute approximate surface area is 362 Å². The Morgan fingerprint density at radius 2 is 0.825 bits per heavy atom. The Balaban J connectivity index is 0.872. The van der Waals surface area contributed by atoms with Crippen molar-refractivity contribution in [3.8, 4) is 78.7 Å². The second-order valence-corrected chi connectivity index (χ2v) is 15.6. The van der Waals surface area contributed by atoms with E-state index in [0.29, 0.717) is 34.4 Å². The van der Waals surface area contributed by atoms with Gasteiger partial charge in [0.2, 0.25) is 5.71 Å². The van der Waals surface area contributed by atoms with Crippen LogP contribution in [0, 0.1) is 0 Å². The van der Waals surface area contributed by atoms with Crippen LogP contribution in [0.25, 0.3) is 123 Å². The van der Waals surface area contributed by atoms with Crippen LogP contribution in [0.5, 0.6) is 0 Å². The van der Waals surface area contributed by atoms with Crippen molar-refractivity contribution < 1.29 is 4.42 Å². The Kier molecular flexibility index (Phi) is 8.67. The van der Waals surface area contributed by atoms with Crippen molar-refractivity contribution in [1.82, 2.24) is 29.9 Å². The summed E-state index contributed by atoms with van der Waals surface area (Å²) >= 11 is 0. The van der Waals surface area contributed by atoms with Gasteiger partial charge in [0.15, 0.2) is 23.1 Å². The second-order valence-electron chi connectivity index (χ2n) is 15.6. The van der Waals surface area contributed by atoms with Gasteiger partial charge in [0.25, 0.3) is 0 Å². The standard InChI is InChI=1S/C56H34N6O/c1-3-11-35(12-4-1)36-22-24-38(25-23-36)53-60-52(37-13-5-2-6-14-37)61-54(62-53)46-20-9-19-43(34-46)41-17-7-15-39(31-41)40-16-8-18-42(32-40)44-26-28-47-45(33-44)27-29-49-50(47)51-56(63-49)58-48-21-10-30-57-55(48)59-51/h1-34H. The van der Waals surface area contributed by atoms with Crippen molar-refractivity contribution in [1.29, 1.82) is 0 Å². The zero-order valence-electron chi connectivity index (χ0n) is 33.7. The highest BCUT2D eigenvalue weighted by molar-refractivity contribution is 6.18. The average molecular weight is 807 g/mol. The molecule has 0 aliphatic carbocycles. The van der Waals surface area contributed by atoms with Crippen molar-refractivity contribution in [3.63, 3.8) is 0 Å². The van der Waals surface area contributed by atoms with E-state index >= 15 is 0 Å². The molecule has 8 aromatic carbocycles. The molecular formula is C56H34N6O. The molecule has 7 heteroatoms. The lowest BCUT2D eigenvalue weighted by Gasteiger charge is -2.11. The van der Waals surface area contributed by atoms with Gasteiger partial charge in [-0.3, -0.25) is 0 Å². The topological polar surface area (TPSA) is 90.5 Å². The molecular weight excluding hydrogens is 773 g/mol. The summed E-state index contributed by atoms with van der Waals surface area (Å²) in [7, 11) is 0. The minimum Gasteiger partial charge on any atom is -0.436 e. The second kappa shape index (κ2) is 15.1. The van der Waals surface area contributed by atoms with E-state index in [4.69, 9.17) is 29.3 Å². The molecule has 0 fully saturated rings. The predicted molar refractivity (Wildman–Crippen MR) is 254 cm³/mol. The Hall–Kier alpha value is -8.68. The fourth-order valence-corrected chi connectivity index (χ4v) is 8.42. The number of furan rings is 1. The summed E-state index contributed by atoms with van der Waals surface area (Å²) < 4.78 is 6.17. The van der Waals surface area contributed by atoms with Crippen molar-refractivity contribution in [2.75, 3.05) is 0 Å². The number of rotatable bonds is 7. The third-order valence-corrected chi connectivity index (χ3v) is 11.6. The van der Waals surface area contributed by atoms with Gasteiger partial charge in [-0.15, -0.1) is 0 Å². The molecule has 0 aliphatic rings. The minimum absolute atomic E-state index is 0.516. The maximum atomic E-state index is 6.17. The highest BCUT2D eigenvalue weighted by Gasteiger charge is 2.17.